The molecule has 2 aliphatic rings. The maximum Gasteiger partial charge on any atom is 0.260 e. The lowest BCUT2D eigenvalue weighted by Gasteiger charge is -2.32. The van der Waals surface area contributed by atoms with Gasteiger partial charge < -0.3 is 4.90 Å². The van der Waals surface area contributed by atoms with Crippen LogP contribution >= 0.6 is 0 Å². The van der Waals surface area contributed by atoms with Gasteiger partial charge in [0, 0.05) is 5.56 Å². The summed E-state index contributed by atoms with van der Waals surface area (Å²) in [4.78, 5) is 13.3. The molecular formula is C12H11N3O. The van der Waals surface area contributed by atoms with Crippen LogP contribution in [0.1, 0.15) is 12.5 Å². The molecule has 1 aromatic rings. The number of carbonyl (C=O) groups excluding carboxylic acids is 1. The normalized spacial score (nSPS) is 18.1. The van der Waals surface area contributed by atoms with Gasteiger partial charge in [0.1, 0.15) is 6.54 Å². The van der Waals surface area contributed by atoms with Gasteiger partial charge in [0.25, 0.3) is 5.91 Å². The van der Waals surface area contributed by atoms with Crippen molar-refractivity contribution in [2.24, 2.45) is 5.10 Å². The van der Waals surface area contributed by atoms with Gasteiger partial charge in [0.2, 0.25) is 0 Å². The maximum atomic E-state index is 11.3. The number of nitrogens with zero attached hydrogens (tertiary/aromatic N) is 2. The van der Waals surface area contributed by atoms with Crippen molar-refractivity contribution in [3.05, 3.63) is 35.9 Å². The van der Waals surface area contributed by atoms with Crippen molar-refractivity contribution in [3.63, 3.8) is 0 Å². The Kier molecular flexibility index (Phi) is 1.83. The number of anilines is 1. The number of amidine groups is 1. The molecule has 0 aliphatic carbocycles. The summed E-state index contributed by atoms with van der Waals surface area (Å²) in [7, 11) is 0. The number of benzene rings is 1. The highest BCUT2D eigenvalue weighted by Crippen LogP contribution is 2.32. The van der Waals surface area contributed by atoms with E-state index in [1.807, 2.05) is 29.2 Å². The second-order valence-electron chi connectivity index (χ2n) is 3.94. The summed E-state index contributed by atoms with van der Waals surface area (Å²) in [6.45, 7) is 2.38. The second-order valence-corrected chi connectivity index (χ2v) is 3.94. The number of hydrazone groups is 1. The number of hydrogen-bond donors (Lipinski definition) is 1. The summed E-state index contributed by atoms with van der Waals surface area (Å²) in [5, 5.41) is 4.05. The summed E-state index contributed by atoms with van der Waals surface area (Å²) in [5.41, 5.74) is 5.88. The third kappa shape index (κ3) is 1.23. The molecule has 0 spiro atoms. The zero-order valence-electron chi connectivity index (χ0n) is 8.90. The summed E-state index contributed by atoms with van der Waals surface area (Å²) < 4.78 is 0. The van der Waals surface area contributed by atoms with Gasteiger partial charge in [-0.3, -0.25) is 4.79 Å². The van der Waals surface area contributed by atoms with Crippen LogP contribution in [0.3, 0.4) is 0 Å². The van der Waals surface area contributed by atoms with Crippen molar-refractivity contribution in [1.82, 2.24) is 5.43 Å². The van der Waals surface area contributed by atoms with E-state index < -0.39 is 0 Å². The van der Waals surface area contributed by atoms with E-state index in [1.54, 1.807) is 0 Å². The van der Waals surface area contributed by atoms with Crippen LogP contribution in [0.5, 0.6) is 0 Å². The molecule has 3 rings (SSSR count). The van der Waals surface area contributed by atoms with Gasteiger partial charge in [-0.15, -0.1) is 0 Å². The zero-order valence-corrected chi connectivity index (χ0v) is 8.90. The van der Waals surface area contributed by atoms with Gasteiger partial charge in [-0.25, -0.2) is 5.43 Å². The first kappa shape index (κ1) is 9.15. The molecule has 2 heterocycles. The molecule has 0 unspecified atom stereocenters. The van der Waals surface area contributed by atoms with Crippen LogP contribution in [0.25, 0.3) is 5.57 Å². The lowest BCUT2D eigenvalue weighted by Crippen LogP contribution is -2.46. The first-order chi connectivity index (χ1) is 7.75. The fourth-order valence-corrected chi connectivity index (χ4v) is 2.07. The van der Waals surface area contributed by atoms with Gasteiger partial charge in [-0.2, -0.15) is 5.10 Å². The molecule has 1 N–H and O–H groups in total. The van der Waals surface area contributed by atoms with Crippen molar-refractivity contribution in [2.45, 2.75) is 6.92 Å². The minimum absolute atomic E-state index is 0.0773. The first-order valence-corrected chi connectivity index (χ1v) is 5.17. The molecule has 1 aromatic carbocycles. The number of hydrogen-bond acceptors (Lipinski definition) is 3. The van der Waals surface area contributed by atoms with Crippen LogP contribution in [0.4, 0.5) is 5.69 Å². The Morgan fingerprint density at radius 2 is 2.19 bits per heavy atom. The Hall–Kier alpha value is -2.10. The third-order valence-corrected chi connectivity index (χ3v) is 2.84. The molecule has 4 heteroatoms. The number of amides is 1. The lowest BCUT2D eigenvalue weighted by molar-refractivity contribution is -0.119. The topological polar surface area (TPSA) is 44.7 Å². The van der Waals surface area contributed by atoms with Crippen LogP contribution < -0.4 is 10.3 Å². The fraction of sp³-hybridized carbons (Fsp3) is 0.167. The van der Waals surface area contributed by atoms with Crippen molar-refractivity contribution < 1.29 is 4.79 Å². The minimum atomic E-state index is -0.0773. The number of rotatable bonds is 0. The molecule has 0 atom stereocenters. The Morgan fingerprint density at radius 1 is 1.38 bits per heavy atom. The molecule has 4 nitrogen and oxygen atoms in total. The maximum absolute atomic E-state index is 11.3. The largest absolute Gasteiger partial charge is 0.315 e. The molecule has 0 fully saturated rings. The smallest absolute Gasteiger partial charge is 0.260 e. The zero-order chi connectivity index (χ0) is 11.1. The molecule has 0 bridgehead atoms. The van der Waals surface area contributed by atoms with Crippen molar-refractivity contribution in [2.75, 3.05) is 11.4 Å². The van der Waals surface area contributed by atoms with Crippen molar-refractivity contribution >= 4 is 23.0 Å². The highest BCUT2D eigenvalue weighted by molar-refractivity contribution is 6.17. The van der Waals surface area contributed by atoms with E-state index in [1.165, 1.54) is 5.57 Å². The Morgan fingerprint density at radius 3 is 3.06 bits per heavy atom. The third-order valence-electron chi connectivity index (χ3n) is 2.84. The van der Waals surface area contributed by atoms with Crippen LogP contribution in [0, 0.1) is 0 Å². The first-order valence-electron chi connectivity index (χ1n) is 5.17. The average Bonchev–Trinajstić information content (AvgIpc) is 2.31. The number of carbonyl (C=O) groups is 1. The number of fused-ring (bicyclic) bond motifs is 3. The van der Waals surface area contributed by atoms with Gasteiger partial charge in [-0.1, -0.05) is 18.2 Å². The number of para-hydroxylation sites is 1. The SMILES string of the molecule is CC1=CC2=NNC(=O)CN2c2ccccc21. The molecule has 80 valence electrons. The van der Waals surface area contributed by atoms with E-state index in [2.05, 4.69) is 23.5 Å². The van der Waals surface area contributed by atoms with Gasteiger partial charge in [0.05, 0.1) is 5.69 Å². The van der Waals surface area contributed by atoms with E-state index >= 15 is 0 Å². The molecule has 0 aromatic heterocycles. The molecule has 1 amide bonds. The van der Waals surface area contributed by atoms with E-state index in [4.69, 9.17) is 0 Å². The molecule has 0 saturated heterocycles. The molecule has 2 aliphatic heterocycles. The average molecular weight is 213 g/mol. The standard InChI is InChI=1S/C12H11N3O/c1-8-6-11-13-14-12(16)7-15(11)10-5-3-2-4-9(8)10/h2-6H,7H2,1H3,(H,14,16). The van der Waals surface area contributed by atoms with Crippen LogP contribution in [-0.4, -0.2) is 18.3 Å². The molecule has 0 saturated carbocycles. The number of nitrogens with one attached hydrogen (secondary N) is 1. The lowest BCUT2D eigenvalue weighted by atomic mass is 9.99. The van der Waals surface area contributed by atoms with Gasteiger partial charge in [0.15, 0.2) is 5.84 Å². The number of allylic oxidation sites excluding steroid dienone is 1. The summed E-state index contributed by atoms with van der Waals surface area (Å²) in [5.74, 6) is 0.724. The van der Waals surface area contributed by atoms with E-state index in [9.17, 15) is 4.79 Å². The highest BCUT2D eigenvalue weighted by Gasteiger charge is 2.26. The quantitative estimate of drug-likeness (QED) is 0.707. The van der Waals surface area contributed by atoms with Crippen LogP contribution in [0.15, 0.2) is 35.4 Å². The monoisotopic (exact) mass is 213 g/mol. The Labute approximate surface area is 93.3 Å². The van der Waals surface area contributed by atoms with Gasteiger partial charge >= 0.3 is 0 Å². The molecule has 16 heavy (non-hydrogen) atoms. The fourth-order valence-electron chi connectivity index (χ4n) is 2.07. The minimum Gasteiger partial charge on any atom is -0.315 e. The van der Waals surface area contributed by atoms with Crippen molar-refractivity contribution in [3.8, 4) is 0 Å². The summed E-state index contributed by atoms with van der Waals surface area (Å²) in [6.07, 6.45) is 1.99. The molecular weight excluding hydrogens is 202 g/mol. The van der Waals surface area contributed by atoms with E-state index in [-0.39, 0.29) is 5.91 Å². The van der Waals surface area contributed by atoms with E-state index in [0.29, 0.717) is 6.54 Å². The highest BCUT2D eigenvalue weighted by atomic mass is 16.2. The summed E-state index contributed by atoms with van der Waals surface area (Å²) in [6, 6.07) is 8.05. The Balaban J connectivity index is 2.20. The molecule has 0 radical (unpaired) electrons. The van der Waals surface area contributed by atoms with Crippen molar-refractivity contribution in [1.29, 1.82) is 0 Å². The predicted molar refractivity (Wildman–Crippen MR) is 63.0 cm³/mol. The van der Waals surface area contributed by atoms with Gasteiger partial charge in [-0.05, 0) is 24.6 Å². The van der Waals surface area contributed by atoms with Crippen LogP contribution in [-0.2, 0) is 4.79 Å². The van der Waals surface area contributed by atoms with E-state index in [0.717, 1.165) is 17.1 Å². The predicted octanol–water partition coefficient (Wildman–Crippen LogP) is 1.35. The second kappa shape index (κ2) is 3.20. The summed E-state index contributed by atoms with van der Waals surface area (Å²) >= 11 is 0. The Bertz CT molecular complexity index is 531. The van der Waals surface area contributed by atoms with Crippen LogP contribution in [0.2, 0.25) is 0 Å².